The van der Waals surface area contributed by atoms with Crippen molar-refractivity contribution in [1.29, 1.82) is 0 Å². The summed E-state index contributed by atoms with van der Waals surface area (Å²) in [6.07, 6.45) is 1.09. The zero-order valence-corrected chi connectivity index (χ0v) is 15.3. The van der Waals surface area contributed by atoms with Crippen molar-refractivity contribution in [2.24, 2.45) is 0 Å². The standard InChI is InChI=1S/C16H22F2N2O5S/c1-10-3-5-12(9-26(10,22)23)20-16(21)19-8-11-4-6-13(24-2)14(7-11)25-15(17)18/h4,6-7,10,12,15H,3,5,8-9H2,1-2H3,(H2,19,20,21). The Kier molecular flexibility index (Phi) is 6.63. The molecule has 1 aromatic carbocycles. The lowest BCUT2D eigenvalue weighted by Gasteiger charge is -2.27. The van der Waals surface area contributed by atoms with Gasteiger partial charge < -0.3 is 20.1 Å². The van der Waals surface area contributed by atoms with E-state index >= 15 is 0 Å². The number of amides is 2. The van der Waals surface area contributed by atoms with Crippen LogP contribution in [0.15, 0.2) is 18.2 Å². The van der Waals surface area contributed by atoms with E-state index in [4.69, 9.17) is 4.74 Å². The number of carbonyl (C=O) groups excluding carboxylic acids is 1. The van der Waals surface area contributed by atoms with E-state index in [9.17, 15) is 22.0 Å². The number of nitrogens with one attached hydrogen (secondary N) is 2. The lowest BCUT2D eigenvalue weighted by molar-refractivity contribution is -0.0512. The second kappa shape index (κ2) is 8.52. The fourth-order valence-corrected chi connectivity index (χ4v) is 4.33. The fraction of sp³-hybridized carbons (Fsp3) is 0.562. The molecule has 2 N–H and O–H groups in total. The van der Waals surface area contributed by atoms with Crippen LogP contribution in [0.3, 0.4) is 0 Å². The summed E-state index contributed by atoms with van der Waals surface area (Å²) in [6, 6.07) is 3.45. The number of sulfone groups is 1. The Hall–Kier alpha value is -2.10. The van der Waals surface area contributed by atoms with Crippen molar-refractivity contribution in [2.45, 2.75) is 44.2 Å². The minimum absolute atomic E-state index is 0.0608. The molecule has 2 rings (SSSR count). The third-order valence-electron chi connectivity index (χ3n) is 4.20. The molecule has 0 aromatic heterocycles. The molecule has 2 atom stereocenters. The maximum atomic E-state index is 12.4. The SMILES string of the molecule is COc1ccc(CNC(=O)NC2CCC(C)S(=O)(=O)C2)cc1OC(F)F. The fourth-order valence-electron chi connectivity index (χ4n) is 2.70. The van der Waals surface area contributed by atoms with Crippen LogP contribution in [-0.2, 0) is 16.4 Å². The topological polar surface area (TPSA) is 93.7 Å². The Bertz CT molecular complexity index is 742. The Morgan fingerprint density at radius 2 is 2.04 bits per heavy atom. The van der Waals surface area contributed by atoms with E-state index in [1.54, 1.807) is 13.0 Å². The van der Waals surface area contributed by atoms with Gasteiger partial charge in [-0.05, 0) is 37.5 Å². The molecule has 1 fully saturated rings. The van der Waals surface area contributed by atoms with Crippen molar-refractivity contribution in [3.05, 3.63) is 23.8 Å². The molecule has 2 amide bonds. The lowest BCUT2D eigenvalue weighted by Crippen LogP contribution is -2.48. The van der Waals surface area contributed by atoms with E-state index in [1.807, 2.05) is 0 Å². The first-order chi connectivity index (χ1) is 12.2. The largest absolute Gasteiger partial charge is 0.493 e. The highest BCUT2D eigenvalue weighted by molar-refractivity contribution is 7.92. The van der Waals surface area contributed by atoms with Crippen LogP contribution >= 0.6 is 0 Å². The minimum Gasteiger partial charge on any atom is -0.493 e. The van der Waals surface area contributed by atoms with Crippen LogP contribution < -0.4 is 20.1 Å². The first-order valence-electron chi connectivity index (χ1n) is 8.09. The number of benzene rings is 1. The Labute approximate surface area is 151 Å². The Morgan fingerprint density at radius 3 is 2.65 bits per heavy atom. The van der Waals surface area contributed by atoms with Gasteiger partial charge in [0.05, 0.1) is 18.1 Å². The van der Waals surface area contributed by atoms with E-state index in [1.165, 1.54) is 19.2 Å². The van der Waals surface area contributed by atoms with Crippen LogP contribution in [0.25, 0.3) is 0 Å². The Balaban J connectivity index is 1.91. The highest BCUT2D eigenvalue weighted by Gasteiger charge is 2.31. The molecule has 0 spiro atoms. The lowest BCUT2D eigenvalue weighted by atomic mass is 10.1. The van der Waals surface area contributed by atoms with Crippen LogP contribution in [0.4, 0.5) is 13.6 Å². The van der Waals surface area contributed by atoms with Gasteiger partial charge in [0, 0.05) is 12.6 Å². The van der Waals surface area contributed by atoms with Crippen molar-refractivity contribution in [2.75, 3.05) is 12.9 Å². The zero-order valence-electron chi connectivity index (χ0n) is 14.5. The maximum Gasteiger partial charge on any atom is 0.387 e. The first-order valence-corrected chi connectivity index (χ1v) is 9.80. The summed E-state index contributed by atoms with van der Waals surface area (Å²) in [7, 11) is -1.86. The van der Waals surface area contributed by atoms with E-state index in [2.05, 4.69) is 15.4 Å². The molecule has 146 valence electrons. The third kappa shape index (κ3) is 5.45. The van der Waals surface area contributed by atoms with Crippen LogP contribution in [0.1, 0.15) is 25.3 Å². The van der Waals surface area contributed by atoms with Gasteiger partial charge in [0.1, 0.15) is 0 Å². The molecule has 7 nitrogen and oxygen atoms in total. The number of hydrogen-bond donors (Lipinski definition) is 2. The molecule has 0 bridgehead atoms. The summed E-state index contributed by atoms with van der Waals surface area (Å²) in [6.45, 7) is -1.27. The van der Waals surface area contributed by atoms with Crippen LogP contribution in [0.5, 0.6) is 11.5 Å². The molecular formula is C16H22F2N2O5S. The average molecular weight is 392 g/mol. The summed E-state index contributed by atoms with van der Waals surface area (Å²) in [5.41, 5.74) is 0.529. The van der Waals surface area contributed by atoms with Gasteiger partial charge in [0.15, 0.2) is 21.3 Å². The molecule has 1 aliphatic heterocycles. The van der Waals surface area contributed by atoms with Gasteiger partial charge >= 0.3 is 12.6 Å². The molecule has 26 heavy (non-hydrogen) atoms. The van der Waals surface area contributed by atoms with Crippen LogP contribution in [-0.4, -0.2) is 45.2 Å². The second-order valence-electron chi connectivity index (χ2n) is 6.11. The molecule has 1 aromatic rings. The van der Waals surface area contributed by atoms with Gasteiger partial charge in [-0.1, -0.05) is 6.07 Å². The van der Waals surface area contributed by atoms with Gasteiger partial charge in [-0.2, -0.15) is 8.78 Å². The smallest absolute Gasteiger partial charge is 0.387 e. The van der Waals surface area contributed by atoms with Crippen molar-refractivity contribution in [1.82, 2.24) is 10.6 Å². The quantitative estimate of drug-likeness (QED) is 0.773. The molecule has 0 saturated carbocycles. The molecule has 0 radical (unpaired) electrons. The third-order valence-corrected chi connectivity index (χ3v) is 6.53. The highest BCUT2D eigenvalue weighted by Crippen LogP contribution is 2.29. The number of rotatable bonds is 6. The van der Waals surface area contributed by atoms with Gasteiger partial charge in [-0.15, -0.1) is 0 Å². The molecule has 10 heteroatoms. The Morgan fingerprint density at radius 1 is 1.31 bits per heavy atom. The molecule has 1 heterocycles. The monoisotopic (exact) mass is 392 g/mol. The first kappa shape index (κ1) is 20.2. The molecule has 0 aliphatic carbocycles. The van der Waals surface area contributed by atoms with Gasteiger partial charge in [-0.25, -0.2) is 13.2 Å². The maximum absolute atomic E-state index is 12.4. The van der Waals surface area contributed by atoms with Gasteiger partial charge in [-0.3, -0.25) is 0 Å². The van der Waals surface area contributed by atoms with Crippen molar-refractivity contribution >= 4 is 15.9 Å². The number of halogens is 2. The number of hydrogen-bond acceptors (Lipinski definition) is 5. The number of ether oxygens (including phenoxy) is 2. The van der Waals surface area contributed by atoms with Crippen molar-refractivity contribution in [3.8, 4) is 11.5 Å². The van der Waals surface area contributed by atoms with Gasteiger partial charge in [0.2, 0.25) is 0 Å². The molecule has 1 aliphatic rings. The van der Waals surface area contributed by atoms with E-state index in [0.29, 0.717) is 18.4 Å². The van der Waals surface area contributed by atoms with Crippen LogP contribution in [0, 0.1) is 0 Å². The summed E-state index contributed by atoms with van der Waals surface area (Å²) in [4.78, 5) is 12.0. The van der Waals surface area contributed by atoms with Crippen molar-refractivity contribution < 1.29 is 31.5 Å². The van der Waals surface area contributed by atoms with Crippen molar-refractivity contribution in [3.63, 3.8) is 0 Å². The highest BCUT2D eigenvalue weighted by atomic mass is 32.2. The molecule has 1 saturated heterocycles. The minimum atomic E-state index is -3.19. The number of carbonyl (C=O) groups is 1. The number of alkyl halides is 2. The van der Waals surface area contributed by atoms with Gasteiger partial charge in [0.25, 0.3) is 0 Å². The summed E-state index contributed by atoms with van der Waals surface area (Å²) >= 11 is 0. The number of methoxy groups -OCH3 is 1. The van der Waals surface area contributed by atoms with Crippen LogP contribution in [0.2, 0.25) is 0 Å². The predicted octanol–water partition coefficient (Wildman–Crippen LogP) is 2.06. The van der Waals surface area contributed by atoms with E-state index < -0.39 is 33.8 Å². The van der Waals surface area contributed by atoms with E-state index in [0.717, 1.165) is 0 Å². The number of urea groups is 1. The zero-order chi connectivity index (χ0) is 19.3. The average Bonchev–Trinajstić information content (AvgIpc) is 2.56. The molecule has 2 unspecified atom stereocenters. The normalized spacial score (nSPS) is 21.9. The summed E-state index contributed by atoms with van der Waals surface area (Å²) in [5, 5.41) is 4.81. The van der Waals surface area contributed by atoms with E-state index in [-0.39, 0.29) is 23.8 Å². The molecular weight excluding hydrogens is 370 g/mol. The summed E-state index contributed by atoms with van der Waals surface area (Å²) in [5.74, 6) is -0.0640. The predicted molar refractivity (Wildman–Crippen MR) is 91.3 cm³/mol. The summed E-state index contributed by atoms with van der Waals surface area (Å²) < 4.78 is 57.9. The second-order valence-corrected chi connectivity index (χ2v) is 8.57.